The first kappa shape index (κ1) is 10.0. The highest BCUT2D eigenvalue weighted by Crippen LogP contribution is 2.17. The minimum atomic E-state index is -0.631. The average Bonchev–Trinajstić information content (AvgIpc) is 2.48. The van der Waals surface area contributed by atoms with Gasteiger partial charge in [0.2, 0.25) is 0 Å². The molecule has 0 spiro atoms. The molecule has 0 aliphatic carbocycles. The van der Waals surface area contributed by atoms with E-state index in [1.165, 1.54) is 16.7 Å². The maximum atomic E-state index is 13.5. The van der Waals surface area contributed by atoms with Gasteiger partial charge in [-0.3, -0.25) is 4.57 Å². The lowest BCUT2D eigenvalue weighted by Crippen LogP contribution is -2.00. The van der Waals surface area contributed by atoms with Crippen molar-refractivity contribution >= 4 is 12.2 Å². The van der Waals surface area contributed by atoms with Gasteiger partial charge in [-0.25, -0.2) is 8.78 Å². The van der Waals surface area contributed by atoms with Crippen LogP contribution in [0.25, 0.3) is 5.69 Å². The van der Waals surface area contributed by atoms with E-state index in [-0.39, 0.29) is 5.69 Å². The summed E-state index contributed by atoms with van der Waals surface area (Å²) in [5.41, 5.74) is 1.02. The van der Waals surface area contributed by atoms with Gasteiger partial charge in [0.25, 0.3) is 0 Å². The van der Waals surface area contributed by atoms with E-state index in [2.05, 4.69) is 4.98 Å². The van der Waals surface area contributed by atoms with E-state index in [1.807, 2.05) is 0 Å². The molecule has 5 heteroatoms. The van der Waals surface area contributed by atoms with Crippen LogP contribution < -0.4 is 0 Å². The van der Waals surface area contributed by atoms with Crippen LogP contribution in [0.1, 0.15) is 5.69 Å². The molecule has 0 saturated carbocycles. The lowest BCUT2D eigenvalue weighted by Gasteiger charge is -2.06. The Morgan fingerprint density at radius 3 is 2.60 bits per heavy atom. The second kappa shape index (κ2) is 3.58. The highest BCUT2D eigenvalue weighted by molar-refractivity contribution is 7.71. The Kier molecular flexibility index (Phi) is 2.40. The van der Waals surface area contributed by atoms with Crippen molar-refractivity contribution in [1.29, 1.82) is 0 Å². The number of rotatable bonds is 1. The molecule has 2 nitrogen and oxygen atoms in total. The topological polar surface area (TPSA) is 20.7 Å². The summed E-state index contributed by atoms with van der Waals surface area (Å²) in [5.74, 6) is -1.23. The molecule has 1 aromatic heterocycles. The van der Waals surface area contributed by atoms with Crippen molar-refractivity contribution in [1.82, 2.24) is 9.55 Å². The van der Waals surface area contributed by atoms with Crippen molar-refractivity contribution in [2.75, 3.05) is 0 Å². The highest BCUT2D eigenvalue weighted by Gasteiger charge is 2.08. The third-order valence-electron chi connectivity index (χ3n) is 2.11. The molecule has 0 bridgehead atoms. The Labute approximate surface area is 90.2 Å². The van der Waals surface area contributed by atoms with Gasteiger partial charge < -0.3 is 4.98 Å². The van der Waals surface area contributed by atoms with Crippen LogP contribution in [-0.4, -0.2) is 9.55 Å². The summed E-state index contributed by atoms with van der Waals surface area (Å²) in [6, 6.07) is 3.40. The molecule has 0 aliphatic rings. The average molecular weight is 226 g/mol. The fourth-order valence-electron chi connectivity index (χ4n) is 1.42. The van der Waals surface area contributed by atoms with E-state index in [4.69, 9.17) is 12.2 Å². The van der Waals surface area contributed by atoms with E-state index >= 15 is 0 Å². The molecule has 1 N–H and O–H groups in total. The third-order valence-corrected chi connectivity index (χ3v) is 2.41. The molecular formula is C10H8F2N2S. The molecule has 0 atom stereocenters. The lowest BCUT2D eigenvalue weighted by atomic mass is 10.3. The van der Waals surface area contributed by atoms with Crippen molar-refractivity contribution in [2.45, 2.75) is 6.92 Å². The number of H-pyrrole nitrogens is 1. The predicted molar refractivity (Wildman–Crippen MR) is 55.6 cm³/mol. The van der Waals surface area contributed by atoms with Gasteiger partial charge in [-0.15, -0.1) is 0 Å². The first-order valence-electron chi connectivity index (χ1n) is 4.32. The molecule has 0 fully saturated rings. The highest BCUT2D eigenvalue weighted by atomic mass is 32.1. The van der Waals surface area contributed by atoms with E-state index in [0.29, 0.717) is 4.77 Å². The summed E-state index contributed by atoms with van der Waals surface area (Å²) >= 11 is 4.99. The minimum absolute atomic E-state index is 0.250. The van der Waals surface area contributed by atoms with Crippen LogP contribution in [0, 0.1) is 23.3 Å². The van der Waals surface area contributed by atoms with Crippen molar-refractivity contribution in [2.24, 2.45) is 0 Å². The zero-order chi connectivity index (χ0) is 11.0. The van der Waals surface area contributed by atoms with Crippen LogP contribution in [0.3, 0.4) is 0 Å². The van der Waals surface area contributed by atoms with E-state index in [1.54, 1.807) is 13.1 Å². The van der Waals surface area contributed by atoms with E-state index in [0.717, 1.165) is 11.8 Å². The van der Waals surface area contributed by atoms with Gasteiger partial charge in [0, 0.05) is 18.0 Å². The van der Waals surface area contributed by atoms with Crippen LogP contribution in [0.15, 0.2) is 24.4 Å². The van der Waals surface area contributed by atoms with Crippen molar-refractivity contribution < 1.29 is 8.78 Å². The number of halogens is 2. The quantitative estimate of drug-likeness (QED) is 0.741. The molecule has 0 amide bonds. The lowest BCUT2D eigenvalue weighted by molar-refractivity contribution is 0.576. The maximum absolute atomic E-state index is 13.5. The van der Waals surface area contributed by atoms with Crippen molar-refractivity contribution in [3.63, 3.8) is 0 Å². The van der Waals surface area contributed by atoms with Crippen molar-refractivity contribution in [3.05, 3.63) is 46.5 Å². The smallest absolute Gasteiger partial charge is 0.182 e. The first-order valence-corrected chi connectivity index (χ1v) is 4.73. The zero-order valence-corrected chi connectivity index (χ0v) is 8.74. The van der Waals surface area contributed by atoms with Gasteiger partial charge in [0.05, 0.1) is 5.69 Å². The number of benzene rings is 1. The van der Waals surface area contributed by atoms with Gasteiger partial charge in [0.15, 0.2) is 4.77 Å². The molecule has 0 aliphatic heterocycles. The van der Waals surface area contributed by atoms with Crippen LogP contribution >= 0.6 is 12.2 Å². The van der Waals surface area contributed by atoms with E-state index < -0.39 is 11.6 Å². The number of aromatic nitrogens is 2. The Morgan fingerprint density at radius 2 is 2.07 bits per heavy atom. The molecule has 1 heterocycles. The van der Waals surface area contributed by atoms with Gasteiger partial charge in [-0.2, -0.15) is 0 Å². The molecule has 0 unspecified atom stereocenters. The molecule has 78 valence electrons. The Hall–Kier alpha value is -1.49. The zero-order valence-electron chi connectivity index (χ0n) is 7.92. The maximum Gasteiger partial charge on any atom is 0.182 e. The molecule has 15 heavy (non-hydrogen) atoms. The fraction of sp³-hybridized carbons (Fsp3) is 0.100. The molecule has 2 aromatic rings. The third kappa shape index (κ3) is 1.70. The summed E-state index contributed by atoms with van der Waals surface area (Å²) in [7, 11) is 0. The summed E-state index contributed by atoms with van der Waals surface area (Å²) in [6.07, 6.45) is 1.67. The van der Waals surface area contributed by atoms with Gasteiger partial charge in [-0.05, 0) is 31.3 Å². The van der Waals surface area contributed by atoms with Crippen molar-refractivity contribution in [3.8, 4) is 5.69 Å². The fourth-order valence-corrected chi connectivity index (χ4v) is 1.72. The number of aryl methyl sites for hydroxylation is 1. The van der Waals surface area contributed by atoms with Gasteiger partial charge >= 0.3 is 0 Å². The van der Waals surface area contributed by atoms with Gasteiger partial charge in [-0.1, -0.05) is 0 Å². The number of imidazole rings is 1. The van der Waals surface area contributed by atoms with Crippen LogP contribution in [0.4, 0.5) is 8.78 Å². The summed E-state index contributed by atoms with van der Waals surface area (Å²) < 4.78 is 28.1. The number of hydrogen-bond donors (Lipinski definition) is 1. The predicted octanol–water partition coefficient (Wildman–Crippen LogP) is 3.12. The Bertz CT molecular complexity index is 557. The minimum Gasteiger partial charge on any atom is -0.337 e. The standard InChI is InChI=1S/C10H8F2N2S/c1-6-5-13-10(15)14(6)9-3-2-7(11)4-8(9)12/h2-5H,1H3,(H,13,15). The summed E-state index contributed by atoms with van der Waals surface area (Å²) in [5, 5.41) is 0. The monoisotopic (exact) mass is 226 g/mol. The molecular weight excluding hydrogens is 218 g/mol. The molecule has 0 saturated heterocycles. The molecule has 2 rings (SSSR count). The summed E-state index contributed by atoms with van der Waals surface area (Å²) in [4.78, 5) is 2.79. The van der Waals surface area contributed by atoms with E-state index in [9.17, 15) is 8.78 Å². The van der Waals surface area contributed by atoms with Crippen LogP contribution in [0.2, 0.25) is 0 Å². The SMILES string of the molecule is Cc1c[nH]c(=S)n1-c1ccc(F)cc1F. The largest absolute Gasteiger partial charge is 0.337 e. The molecule has 0 radical (unpaired) electrons. The second-order valence-electron chi connectivity index (χ2n) is 3.17. The first-order chi connectivity index (χ1) is 7.09. The van der Waals surface area contributed by atoms with Gasteiger partial charge in [0.1, 0.15) is 11.6 Å². The number of nitrogens with one attached hydrogen (secondary N) is 1. The number of hydrogen-bond acceptors (Lipinski definition) is 1. The second-order valence-corrected chi connectivity index (χ2v) is 3.55. The normalized spacial score (nSPS) is 10.6. The summed E-state index contributed by atoms with van der Waals surface area (Å²) in [6.45, 7) is 1.79. The number of aromatic amines is 1. The Morgan fingerprint density at radius 1 is 1.33 bits per heavy atom. The Balaban J connectivity index is 2.69. The van der Waals surface area contributed by atoms with Crippen LogP contribution in [-0.2, 0) is 0 Å². The van der Waals surface area contributed by atoms with Crippen LogP contribution in [0.5, 0.6) is 0 Å². The number of nitrogens with zero attached hydrogens (tertiary/aromatic N) is 1. The molecule has 1 aromatic carbocycles.